The number of hydrogen-bond acceptors (Lipinski definition) is 2. The Labute approximate surface area is 93.8 Å². The molecule has 3 heteroatoms. The van der Waals surface area contributed by atoms with Crippen LogP contribution in [0.5, 0.6) is 5.88 Å². The highest BCUT2D eigenvalue weighted by Gasteiger charge is 2.09. The lowest BCUT2D eigenvalue weighted by Gasteiger charge is -2.16. The third-order valence-corrected chi connectivity index (χ3v) is 2.44. The van der Waals surface area contributed by atoms with Gasteiger partial charge in [-0.3, -0.25) is 0 Å². The lowest BCUT2D eigenvalue weighted by molar-refractivity contribution is 0.184. The molecule has 1 aromatic heterocycles. The molecule has 0 radical (unpaired) electrons. The summed E-state index contributed by atoms with van der Waals surface area (Å²) in [5, 5.41) is 0. The highest BCUT2D eigenvalue weighted by Crippen LogP contribution is 2.23. The molecular formula is C11H16BrNO. The van der Waals surface area contributed by atoms with Crippen molar-refractivity contribution in [2.24, 2.45) is 5.92 Å². The summed E-state index contributed by atoms with van der Waals surface area (Å²) in [5.41, 5.74) is 0. The van der Waals surface area contributed by atoms with Crippen molar-refractivity contribution in [3.63, 3.8) is 0 Å². The van der Waals surface area contributed by atoms with Gasteiger partial charge in [-0.05, 0) is 47.3 Å². The summed E-state index contributed by atoms with van der Waals surface area (Å²) >= 11 is 3.40. The zero-order valence-electron chi connectivity index (χ0n) is 8.83. The molecule has 0 spiro atoms. The fourth-order valence-electron chi connectivity index (χ4n) is 1.36. The number of ether oxygens (including phenoxy) is 1. The van der Waals surface area contributed by atoms with Crippen LogP contribution in [0.1, 0.15) is 27.2 Å². The van der Waals surface area contributed by atoms with Gasteiger partial charge in [0.05, 0.1) is 10.6 Å². The van der Waals surface area contributed by atoms with E-state index in [0.717, 1.165) is 10.9 Å². The van der Waals surface area contributed by atoms with Gasteiger partial charge in [-0.2, -0.15) is 0 Å². The first-order chi connectivity index (χ1) is 6.59. The van der Waals surface area contributed by atoms with Crippen LogP contribution in [0.25, 0.3) is 0 Å². The second-order valence-corrected chi connectivity index (χ2v) is 4.70. The number of halogens is 1. The summed E-state index contributed by atoms with van der Waals surface area (Å²) in [7, 11) is 0. The maximum Gasteiger partial charge on any atom is 0.228 e. The average Bonchev–Trinajstić information content (AvgIpc) is 2.07. The molecule has 0 aliphatic carbocycles. The molecule has 1 atom stereocenters. The highest BCUT2D eigenvalue weighted by molar-refractivity contribution is 9.10. The molecule has 0 aromatic carbocycles. The van der Waals surface area contributed by atoms with E-state index in [4.69, 9.17) is 4.74 Å². The molecule has 78 valence electrons. The Bertz CT molecular complexity index is 288. The van der Waals surface area contributed by atoms with Crippen LogP contribution in [0.3, 0.4) is 0 Å². The Morgan fingerprint density at radius 1 is 1.43 bits per heavy atom. The van der Waals surface area contributed by atoms with Crippen molar-refractivity contribution < 1.29 is 4.74 Å². The van der Waals surface area contributed by atoms with Crippen molar-refractivity contribution in [1.29, 1.82) is 0 Å². The lowest BCUT2D eigenvalue weighted by atomic mass is 10.1. The standard InChI is InChI=1S/C11H16BrNO/c1-8(2)7-9(3)14-11-10(12)5-4-6-13-11/h4-6,8-9H,7H2,1-3H3. The number of pyridine rings is 1. The van der Waals surface area contributed by atoms with Crippen LogP contribution in [-0.2, 0) is 0 Å². The smallest absolute Gasteiger partial charge is 0.228 e. The summed E-state index contributed by atoms with van der Waals surface area (Å²) in [4.78, 5) is 4.16. The van der Waals surface area contributed by atoms with E-state index in [1.807, 2.05) is 12.1 Å². The van der Waals surface area contributed by atoms with E-state index in [9.17, 15) is 0 Å². The first-order valence-corrected chi connectivity index (χ1v) is 5.66. The molecule has 2 nitrogen and oxygen atoms in total. The van der Waals surface area contributed by atoms with E-state index in [1.54, 1.807) is 6.20 Å². The van der Waals surface area contributed by atoms with Crippen molar-refractivity contribution in [1.82, 2.24) is 4.98 Å². The predicted octanol–water partition coefficient (Wildman–Crippen LogP) is 3.66. The third kappa shape index (κ3) is 3.66. The monoisotopic (exact) mass is 257 g/mol. The lowest BCUT2D eigenvalue weighted by Crippen LogP contribution is -2.15. The van der Waals surface area contributed by atoms with E-state index in [-0.39, 0.29) is 6.10 Å². The molecule has 1 rings (SSSR count). The number of aromatic nitrogens is 1. The largest absolute Gasteiger partial charge is 0.474 e. The quantitative estimate of drug-likeness (QED) is 0.822. The maximum absolute atomic E-state index is 5.70. The van der Waals surface area contributed by atoms with Crippen LogP contribution in [0.15, 0.2) is 22.8 Å². The number of hydrogen-bond donors (Lipinski definition) is 0. The van der Waals surface area contributed by atoms with Crippen LogP contribution in [0.2, 0.25) is 0 Å². The van der Waals surface area contributed by atoms with Crippen LogP contribution in [0, 0.1) is 5.92 Å². The molecule has 0 amide bonds. The summed E-state index contributed by atoms with van der Waals surface area (Å²) < 4.78 is 6.61. The fourth-order valence-corrected chi connectivity index (χ4v) is 1.71. The molecule has 0 aliphatic heterocycles. The Balaban J connectivity index is 2.56. The molecule has 1 aromatic rings. The normalized spacial score (nSPS) is 12.9. The van der Waals surface area contributed by atoms with Gasteiger partial charge >= 0.3 is 0 Å². The molecule has 1 unspecified atom stereocenters. The summed E-state index contributed by atoms with van der Waals surface area (Å²) in [5.74, 6) is 1.33. The zero-order chi connectivity index (χ0) is 10.6. The summed E-state index contributed by atoms with van der Waals surface area (Å²) in [6.45, 7) is 6.45. The molecule has 14 heavy (non-hydrogen) atoms. The first kappa shape index (κ1) is 11.5. The molecular weight excluding hydrogens is 242 g/mol. The Morgan fingerprint density at radius 3 is 2.71 bits per heavy atom. The average molecular weight is 258 g/mol. The van der Waals surface area contributed by atoms with Crippen molar-refractivity contribution in [2.75, 3.05) is 0 Å². The van der Waals surface area contributed by atoms with Crippen LogP contribution in [0.4, 0.5) is 0 Å². The molecule has 0 saturated carbocycles. The van der Waals surface area contributed by atoms with Gasteiger partial charge in [-0.15, -0.1) is 0 Å². The van der Waals surface area contributed by atoms with Crippen molar-refractivity contribution in [3.8, 4) is 5.88 Å². The van der Waals surface area contributed by atoms with Crippen molar-refractivity contribution in [3.05, 3.63) is 22.8 Å². The summed E-state index contributed by atoms with van der Waals surface area (Å²) in [6.07, 6.45) is 2.99. The molecule has 0 N–H and O–H groups in total. The minimum Gasteiger partial charge on any atom is -0.474 e. The van der Waals surface area contributed by atoms with E-state index < -0.39 is 0 Å². The van der Waals surface area contributed by atoms with Gasteiger partial charge < -0.3 is 4.74 Å². The molecule has 0 bridgehead atoms. The van der Waals surface area contributed by atoms with E-state index in [1.165, 1.54) is 0 Å². The third-order valence-electron chi connectivity index (χ3n) is 1.84. The van der Waals surface area contributed by atoms with Gasteiger partial charge in [0.1, 0.15) is 0 Å². The minimum absolute atomic E-state index is 0.209. The van der Waals surface area contributed by atoms with Crippen molar-refractivity contribution in [2.45, 2.75) is 33.3 Å². The van der Waals surface area contributed by atoms with Crippen molar-refractivity contribution >= 4 is 15.9 Å². The first-order valence-electron chi connectivity index (χ1n) is 4.86. The molecule has 1 heterocycles. The Hall–Kier alpha value is -0.570. The second-order valence-electron chi connectivity index (χ2n) is 3.85. The number of nitrogens with zero attached hydrogens (tertiary/aromatic N) is 1. The maximum atomic E-state index is 5.70. The van der Waals surface area contributed by atoms with E-state index in [0.29, 0.717) is 11.8 Å². The van der Waals surface area contributed by atoms with Gasteiger partial charge in [0.15, 0.2) is 0 Å². The number of rotatable bonds is 4. The molecule has 0 fully saturated rings. The molecule has 0 saturated heterocycles. The molecule has 0 aliphatic rings. The topological polar surface area (TPSA) is 22.1 Å². The Morgan fingerprint density at radius 2 is 2.14 bits per heavy atom. The van der Waals surface area contributed by atoms with Gasteiger partial charge in [-0.1, -0.05) is 13.8 Å². The van der Waals surface area contributed by atoms with Crippen LogP contribution < -0.4 is 4.74 Å². The van der Waals surface area contributed by atoms with Crippen LogP contribution in [-0.4, -0.2) is 11.1 Å². The van der Waals surface area contributed by atoms with E-state index >= 15 is 0 Å². The second kappa shape index (κ2) is 5.35. The van der Waals surface area contributed by atoms with E-state index in [2.05, 4.69) is 41.7 Å². The predicted molar refractivity (Wildman–Crippen MR) is 61.5 cm³/mol. The summed E-state index contributed by atoms with van der Waals surface area (Å²) in [6, 6.07) is 3.81. The fraction of sp³-hybridized carbons (Fsp3) is 0.545. The SMILES string of the molecule is CC(C)CC(C)Oc1ncccc1Br. The minimum atomic E-state index is 0.209. The Kier molecular flexibility index (Phi) is 4.39. The van der Waals surface area contributed by atoms with Crippen LogP contribution >= 0.6 is 15.9 Å². The van der Waals surface area contributed by atoms with Gasteiger partial charge in [0, 0.05) is 6.20 Å². The van der Waals surface area contributed by atoms with Gasteiger partial charge in [0.25, 0.3) is 0 Å². The zero-order valence-corrected chi connectivity index (χ0v) is 10.4. The van der Waals surface area contributed by atoms with Gasteiger partial charge in [0.2, 0.25) is 5.88 Å². The highest BCUT2D eigenvalue weighted by atomic mass is 79.9. The van der Waals surface area contributed by atoms with Gasteiger partial charge in [-0.25, -0.2) is 4.98 Å².